The van der Waals surface area contributed by atoms with Crippen LogP contribution in [0, 0.1) is 0 Å². The van der Waals surface area contributed by atoms with Crippen molar-refractivity contribution < 1.29 is 14.3 Å². The summed E-state index contributed by atoms with van der Waals surface area (Å²) < 4.78 is 5.29. The first-order valence-corrected chi connectivity index (χ1v) is 9.49. The zero-order valence-electron chi connectivity index (χ0n) is 14.6. The first kappa shape index (κ1) is 19.1. The molecule has 0 aliphatic carbocycles. The number of amides is 1. The molecule has 0 saturated carbocycles. The fourth-order valence-electron chi connectivity index (χ4n) is 2.48. The Bertz CT molecular complexity index is 943. The Labute approximate surface area is 166 Å². The van der Waals surface area contributed by atoms with Crippen LogP contribution in [0.1, 0.15) is 18.2 Å². The maximum absolute atomic E-state index is 12.1. The van der Waals surface area contributed by atoms with E-state index in [0.29, 0.717) is 21.5 Å². The van der Waals surface area contributed by atoms with E-state index in [9.17, 15) is 9.59 Å². The second kappa shape index (κ2) is 8.79. The van der Waals surface area contributed by atoms with Crippen molar-refractivity contribution in [3.05, 3.63) is 76.3 Å². The van der Waals surface area contributed by atoms with E-state index in [1.807, 2.05) is 30.3 Å². The van der Waals surface area contributed by atoms with Crippen molar-refractivity contribution in [1.29, 1.82) is 0 Å². The number of benzene rings is 2. The van der Waals surface area contributed by atoms with Crippen LogP contribution in [0.3, 0.4) is 0 Å². The van der Waals surface area contributed by atoms with Gasteiger partial charge in [0.15, 0.2) is 5.13 Å². The molecule has 27 heavy (non-hydrogen) atoms. The molecular weight excluding hydrogens is 384 g/mol. The molecule has 0 aliphatic rings. The first-order valence-electron chi connectivity index (χ1n) is 8.23. The molecule has 138 valence electrons. The van der Waals surface area contributed by atoms with Gasteiger partial charge in [-0.3, -0.25) is 14.5 Å². The van der Waals surface area contributed by atoms with Gasteiger partial charge in [-0.15, -0.1) is 11.3 Å². The van der Waals surface area contributed by atoms with Crippen molar-refractivity contribution in [2.75, 3.05) is 4.90 Å². The summed E-state index contributed by atoms with van der Waals surface area (Å²) in [6.45, 7) is 1.52. The first-order chi connectivity index (χ1) is 13.0. The Hall–Kier alpha value is -2.70. The largest absolute Gasteiger partial charge is 0.459 e. The molecule has 1 amide bonds. The molecule has 0 N–H and O–H groups in total. The Kier molecular flexibility index (Phi) is 6.21. The lowest BCUT2D eigenvalue weighted by atomic mass is 10.2. The van der Waals surface area contributed by atoms with Gasteiger partial charge in [-0.05, 0) is 23.8 Å². The second-order valence-electron chi connectivity index (χ2n) is 5.78. The van der Waals surface area contributed by atoms with Gasteiger partial charge in [0.05, 0.1) is 17.8 Å². The van der Waals surface area contributed by atoms with Crippen LogP contribution in [0.2, 0.25) is 5.02 Å². The highest BCUT2D eigenvalue weighted by molar-refractivity contribution is 7.14. The van der Waals surface area contributed by atoms with Crippen LogP contribution in [-0.4, -0.2) is 16.9 Å². The molecule has 0 spiro atoms. The smallest absolute Gasteiger partial charge is 0.310 e. The fourth-order valence-corrected chi connectivity index (χ4v) is 3.53. The highest BCUT2D eigenvalue weighted by Gasteiger charge is 2.18. The number of aromatic nitrogens is 1. The predicted octanol–water partition coefficient (Wildman–Crippen LogP) is 4.77. The lowest BCUT2D eigenvalue weighted by molar-refractivity contribution is -0.144. The average molecular weight is 401 g/mol. The topological polar surface area (TPSA) is 59.5 Å². The summed E-state index contributed by atoms with van der Waals surface area (Å²) in [7, 11) is 0. The molecule has 2 aromatic carbocycles. The number of thiazole rings is 1. The molecule has 1 heterocycles. The van der Waals surface area contributed by atoms with Gasteiger partial charge in [0, 0.05) is 17.3 Å². The van der Waals surface area contributed by atoms with E-state index >= 15 is 0 Å². The zero-order chi connectivity index (χ0) is 19.2. The number of hydrogen-bond acceptors (Lipinski definition) is 5. The van der Waals surface area contributed by atoms with Gasteiger partial charge >= 0.3 is 5.97 Å². The molecule has 0 fully saturated rings. The molecular formula is C20H17ClN2O3S. The summed E-state index contributed by atoms with van der Waals surface area (Å²) in [4.78, 5) is 30.0. The Morgan fingerprint density at radius 1 is 1.15 bits per heavy atom. The third kappa shape index (κ3) is 5.15. The number of ether oxygens (including phenoxy) is 1. The van der Waals surface area contributed by atoms with Crippen LogP contribution in [0.5, 0.6) is 0 Å². The van der Waals surface area contributed by atoms with Crippen molar-refractivity contribution in [3.63, 3.8) is 0 Å². The summed E-state index contributed by atoms with van der Waals surface area (Å²) in [5.74, 6) is -0.506. The van der Waals surface area contributed by atoms with Crippen LogP contribution in [-0.2, 0) is 27.4 Å². The maximum Gasteiger partial charge on any atom is 0.310 e. The third-order valence-electron chi connectivity index (χ3n) is 3.68. The lowest BCUT2D eigenvalue weighted by Crippen LogP contribution is -2.22. The van der Waals surface area contributed by atoms with Crippen LogP contribution in [0.25, 0.3) is 0 Å². The number of carbonyl (C=O) groups is 2. The third-order valence-corrected chi connectivity index (χ3v) is 4.79. The normalized spacial score (nSPS) is 10.4. The second-order valence-corrected chi connectivity index (χ2v) is 7.05. The monoisotopic (exact) mass is 400 g/mol. The van der Waals surface area contributed by atoms with E-state index in [0.717, 1.165) is 5.56 Å². The zero-order valence-corrected chi connectivity index (χ0v) is 16.2. The molecule has 0 unspecified atom stereocenters. The molecule has 3 rings (SSSR count). The number of carbonyl (C=O) groups excluding carboxylic acids is 2. The van der Waals surface area contributed by atoms with E-state index in [-0.39, 0.29) is 24.9 Å². The summed E-state index contributed by atoms with van der Waals surface area (Å²) in [6.07, 6.45) is 0.208. The number of nitrogens with zero attached hydrogens (tertiary/aromatic N) is 2. The van der Waals surface area contributed by atoms with Crippen LogP contribution in [0.15, 0.2) is 60.0 Å². The van der Waals surface area contributed by atoms with E-state index in [1.165, 1.54) is 23.2 Å². The van der Waals surface area contributed by atoms with Crippen LogP contribution in [0.4, 0.5) is 10.8 Å². The van der Waals surface area contributed by atoms with E-state index in [2.05, 4.69) is 4.98 Å². The van der Waals surface area contributed by atoms with Gasteiger partial charge in [0.2, 0.25) is 5.91 Å². The van der Waals surface area contributed by atoms with E-state index in [1.54, 1.807) is 29.6 Å². The lowest BCUT2D eigenvalue weighted by Gasteiger charge is -2.18. The van der Waals surface area contributed by atoms with Crippen LogP contribution >= 0.6 is 22.9 Å². The summed E-state index contributed by atoms with van der Waals surface area (Å²) in [5.41, 5.74) is 2.12. The van der Waals surface area contributed by atoms with Crippen molar-refractivity contribution in [1.82, 2.24) is 4.98 Å². The van der Waals surface area contributed by atoms with Crippen LogP contribution < -0.4 is 4.90 Å². The quantitative estimate of drug-likeness (QED) is 0.559. The molecule has 3 aromatic rings. The molecule has 7 heteroatoms. The molecule has 0 atom stereocenters. The Morgan fingerprint density at radius 2 is 1.93 bits per heavy atom. The molecule has 0 saturated heterocycles. The van der Waals surface area contributed by atoms with Gasteiger partial charge in [0.1, 0.15) is 6.61 Å². The SMILES string of the molecule is CC(=O)N(c1cccc(Cl)c1)c1nc(COC(=O)Cc2ccccc2)cs1. The Balaban J connectivity index is 1.66. The van der Waals surface area contributed by atoms with Crippen molar-refractivity contribution in [2.45, 2.75) is 20.0 Å². The summed E-state index contributed by atoms with van der Waals surface area (Å²) in [6, 6.07) is 16.4. The van der Waals surface area contributed by atoms with Gasteiger partial charge < -0.3 is 4.74 Å². The molecule has 1 aromatic heterocycles. The summed E-state index contributed by atoms with van der Waals surface area (Å²) >= 11 is 7.33. The Morgan fingerprint density at radius 3 is 2.63 bits per heavy atom. The molecule has 0 bridgehead atoms. The van der Waals surface area contributed by atoms with Crippen molar-refractivity contribution in [3.8, 4) is 0 Å². The van der Waals surface area contributed by atoms with Gasteiger partial charge in [-0.2, -0.15) is 0 Å². The standard InChI is InChI=1S/C20H17ClN2O3S/c1-14(24)23(18-9-5-8-16(21)11-18)20-22-17(13-27-20)12-26-19(25)10-15-6-3-2-4-7-15/h2-9,11,13H,10,12H2,1H3. The predicted molar refractivity (Wildman–Crippen MR) is 106 cm³/mol. The molecule has 0 radical (unpaired) electrons. The minimum absolute atomic E-state index is 0.0590. The van der Waals surface area contributed by atoms with Gasteiger partial charge in [0.25, 0.3) is 0 Å². The van der Waals surface area contributed by atoms with Crippen molar-refractivity contribution >= 4 is 45.6 Å². The number of anilines is 2. The minimum Gasteiger partial charge on any atom is -0.459 e. The average Bonchev–Trinajstić information content (AvgIpc) is 3.09. The fraction of sp³-hybridized carbons (Fsp3) is 0.150. The highest BCUT2D eigenvalue weighted by Crippen LogP contribution is 2.30. The van der Waals surface area contributed by atoms with E-state index in [4.69, 9.17) is 16.3 Å². The van der Waals surface area contributed by atoms with Gasteiger partial charge in [-0.1, -0.05) is 48.0 Å². The van der Waals surface area contributed by atoms with E-state index < -0.39 is 0 Å². The van der Waals surface area contributed by atoms with Crippen molar-refractivity contribution in [2.24, 2.45) is 0 Å². The number of hydrogen-bond donors (Lipinski definition) is 0. The minimum atomic E-state index is -0.325. The molecule has 0 aliphatic heterocycles. The summed E-state index contributed by atoms with van der Waals surface area (Å²) in [5, 5.41) is 2.80. The maximum atomic E-state index is 12.1. The molecule has 5 nitrogen and oxygen atoms in total. The number of esters is 1. The highest BCUT2D eigenvalue weighted by atomic mass is 35.5. The number of halogens is 1. The van der Waals surface area contributed by atoms with Gasteiger partial charge in [-0.25, -0.2) is 4.98 Å². The number of rotatable bonds is 6.